The van der Waals surface area contributed by atoms with E-state index >= 15 is 0 Å². The van der Waals surface area contributed by atoms with Gasteiger partial charge in [-0.15, -0.1) is 0 Å². The fraction of sp³-hybridized carbons (Fsp3) is 0.111. The predicted octanol–water partition coefficient (Wildman–Crippen LogP) is 3.39. The van der Waals surface area contributed by atoms with Crippen LogP contribution in [0, 0.1) is 10.7 Å². The van der Waals surface area contributed by atoms with Gasteiger partial charge >= 0.3 is 0 Å². The molecule has 0 amide bonds. The van der Waals surface area contributed by atoms with E-state index in [1.54, 1.807) is 18.2 Å². The average Bonchev–Trinajstić information content (AvgIpc) is 2.18. The van der Waals surface area contributed by atoms with E-state index in [2.05, 4.69) is 0 Å². The van der Waals surface area contributed by atoms with Crippen molar-refractivity contribution in [3.63, 3.8) is 0 Å². The van der Waals surface area contributed by atoms with E-state index in [0.29, 0.717) is 10.6 Å². The Morgan fingerprint density at radius 2 is 2.21 bits per heavy atom. The summed E-state index contributed by atoms with van der Waals surface area (Å²) in [5, 5.41) is 10.7. The summed E-state index contributed by atoms with van der Waals surface area (Å²) >= 11 is 12.4. The second-order valence-corrected chi connectivity index (χ2v) is 3.95. The molecule has 0 saturated carbocycles. The lowest BCUT2D eigenvalue weighted by Crippen LogP contribution is -2.02. The van der Waals surface area contributed by atoms with E-state index in [-0.39, 0.29) is 16.6 Å². The number of thioether (sulfide) groups is 1. The number of nitriles is 1. The molecule has 0 heterocycles. The van der Waals surface area contributed by atoms with Crippen LogP contribution in [0.2, 0.25) is 10.0 Å². The molecule has 1 rings (SSSR count). The van der Waals surface area contributed by atoms with E-state index in [1.807, 2.05) is 5.40 Å². The van der Waals surface area contributed by atoms with Crippen LogP contribution >= 0.6 is 35.0 Å². The first-order valence-electron chi connectivity index (χ1n) is 3.65. The average molecular weight is 246 g/mol. The van der Waals surface area contributed by atoms with Gasteiger partial charge in [0.15, 0.2) is 5.78 Å². The molecule has 2 nitrogen and oxygen atoms in total. The predicted molar refractivity (Wildman–Crippen MR) is 58.9 cm³/mol. The third kappa shape index (κ3) is 2.65. The van der Waals surface area contributed by atoms with Gasteiger partial charge in [-0.05, 0) is 23.9 Å². The van der Waals surface area contributed by atoms with Crippen LogP contribution in [-0.4, -0.2) is 11.5 Å². The zero-order valence-electron chi connectivity index (χ0n) is 6.96. The summed E-state index contributed by atoms with van der Waals surface area (Å²) in [5.74, 6) is -0.0969. The van der Waals surface area contributed by atoms with Crippen molar-refractivity contribution in [1.29, 1.82) is 5.26 Å². The van der Waals surface area contributed by atoms with Crippen molar-refractivity contribution >= 4 is 40.7 Å². The summed E-state index contributed by atoms with van der Waals surface area (Å²) in [6, 6.07) is 4.85. The van der Waals surface area contributed by atoms with Crippen LogP contribution in [-0.2, 0) is 0 Å². The van der Waals surface area contributed by atoms with Crippen molar-refractivity contribution in [1.82, 2.24) is 0 Å². The molecule has 0 aromatic heterocycles. The van der Waals surface area contributed by atoms with Crippen molar-refractivity contribution in [2.45, 2.75) is 0 Å². The highest BCUT2D eigenvalue weighted by molar-refractivity contribution is 8.04. The van der Waals surface area contributed by atoms with Crippen molar-refractivity contribution < 1.29 is 4.79 Å². The quantitative estimate of drug-likeness (QED) is 0.606. The number of Topliss-reactive ketones (excluding diaryl/α,β-unsaturated/α-hetero) is 1. The van der Waals surface area contributed by atoms with Gasteiger partial charge in [-0.3, -0.25) is 4.79 Å². The van der Waals surface area contributed by atoms with E-state index < -0.39 is 0 Å². The Hall–Kier alpha value is -0.690. The molecule has 0 fully saturated rings. The van der Waals surface area contributed by atoms with Crippen LogP contribution in [0.3, 0.4) is 0 Å². The number of halogens is 2. The summed E-state index contributed by atoms with van der Waals surface area (Å²) in [6.07, 6.45) is 0. The summed E-state index contributed by atoms with van der Waals surface area (Å²) in [5.41, 5.74) is 0.363. The molecule has 0 unspecified atom stereocenters. The van der Waals surface area contributed by atoms with Crippen LogP contribution < -0.4 is 0 Å². The molecule has 0 atom stereocenters. The minimum absolute atomic E-state index is 0.0938. The maximum absolute atomic E-state index is 11.5. The number of hydrogen-bond acceptors (Lipinski definition) is 3. The molecule has 0 radical (unpaired) electrons. The van der Waals surface area contributed by atoms with Gasteiger partial charge in [0, 0.05) is 5.56 Å². The van der Waals surface area contributed by atoms with Crippen LogP contribution in [0.1, 0.15) is 10.4 Å². The van der Waals surface area contributed by atoms with Gasteiger partial charge in [0.1, 0.15) is 5.40 Å². The van der Waals surface area contributed by atoms with Gasteiger partial charge in [-0.25, -0.2) is 0 Å². The van der Waals surface area contributed by atoms with E-state index in [4.69, 9.17) is 28.5 Å². The minimum Gasteiger partial charge on any atom is -0.293 e. The number of carbonyl (C=O) groups is 1. The molecule has 0 aliphatic carbocycles. The molecule has 5 heteroatoms. The van der Waals surface area contributed by atoms with Crippen LogP contribution in [0.25, 0.3) is 0 Å². The smallest absolute Gasteiger partial charge is 0.175 e. The van der Waals surface area contributed by atoms with Crippen LogP contribution in [0.5, 0.6) is 0 Å². The van der Waals surface area contributed by atoms with Crippen molar-refractivity contribution in [2.75, 3.05) is 5.75 Å². The Morgan fingerprint density at radius 3 is 2.86 bits per heavy atom. The first kappa shape index (κ1) is 11.4. The molecule has 72 valence electrons. The highest BCUT2D eigenvalue weighted by atomic mass is 35.5. The van der Waals surface area contributed by atoms with Crippen molar-refractivity contribution in [3.05, 3.63) is 33.8 Å². The highest BCUT2D eigenvalue weighted by Crippen LogP contribution is 2.26. The lowest BCUT2D eigenvalue weighted by molar-refractivity contribution is 0.102. The normalized spacial score (nSPS) is 9.50. The van der Waals surface area contributed by atoms with Crippen molar-refractivity contribution in [2.24, 2.45) is 0 Å². The van der Waals surface area contributed by atoms with E-state index in [9.17, 15) is 4.79 Å². The van der Waals surface area contributed by atoms with E-state index in [1.165, 1.54) is 0 Å². The summed E-state index contributed by atoms with van der Waals surface area (Å²) in [7, 11) is 0. The standard InChI is InChI=1S/C9H5Cl2NOS/c10-7-3-1-2-6(9(7)11)8(13)4-14-5-12/h1-3H,4H2. The third-order valence-electron chi connectivity index (χ3n) is 1.52. The molecule has 1 aromatic rings. The van der Waals surface area contributed by atoms with E-state index in [0.717, 1.165) is 11.8 Å². The van der Waals surface area contributed by atoms with Crippen molar-refractivity contribution in [3.8, 4) is 5.40 Å². The monoisotopic (exact) mass is 245 g/mol. The van der Waals surface area contributed by atoms with Gasteiger partial charge in [-0.2, -0.15) is 5.26 Å². The number of rotatable bonds is 3. The van der Waals surface area contributed by atoms with Gasteiger partial charge < -0.3 is 0 Å². The molecular weight excluding hydrogens is 241 g/mol. The largest absolute Gasteiger partial charge is 0.293 e. The maximum atomic E-state index is 11.5. The Morgan fingerprint density at radius 1 is 1.50 bits per heavy atom. The minimum atomic E-state index is -0.191. The summed E-state index contributed by atoms with van der Waals surface area (Å²) in [6.45, 7) is 0. The SMILES string of the molecule is N#CSCC(=O)c1cccc(Cl)c1Cl. The lowest BCUT2D eigenvalue weighted by Gasteiger charge is -2.02. The van der Waals surface area contributed by atoms with Gasteiger partial charge in [0.25, 0.3) is 0 Å². The number of nitrogens with zero attached hydrogens (tertiary/aromatic N) is 1. The van der Waals surface area contributed by atoms with Crippen LogP contribution in [0.15, 0.2) is 18.2 Å². The highest BCUT2D eigenvalue weighted by Gasteiger charge is 2.12. The molecule has 0 bridgehead atoms. The molecule has 0 N–H and O–H groups in total. The summed E-state index contributed by atoms with van der Waals surface area (Å²) < 4.78 is 0. The number of carbonyl (C=O) groups excluding carboxylic acids is 1. The fourth-order valence-electron chi connectivity index (χ4n) is 0.895. The van der Waals surface area contributed by atoms with Gasteiger partial charge in [0.2, 0.25) is 0 Å². The molecule has 0 aliphatic heterocycles. The third-order valence-corrected chi connectivity index (χ3v) is 2.87. The molecule has 0 spiro atoms. The number of hydrogen-bond donors (Lipinski definition) is 0. The molecule has 0 saturated heterocycles. The lowest BCUT2D eigenvalue weighted by atomic mass is 10.1. The first-order valence-corrected chi connectivity index (χ1v) is 5.39. The number of ketones is 1. The van der Waals surface area contributed by atoms with Gasteiger partial charge in [-0.1, -0.05) is 29.3 Å². The Bertz CT molecular complexity index is 400. The van der Waals surface area contributed by atoms with Crippen LogP contribution in [0.4, 0.5) is 0 Å². The van der Waals surface area contributed by atoms with Gasteiger partial charge in [0.05, 0.1) is 15.8 Å². The molecule has 1 aromatic carbocycles. The first-order chi connectivity index (χ1) is 6.66. The Labute approximate surface area is 95.8 Å². The molecule has 14 heavy (non-hydrogen) atoms. The molecule has 0 aliphatic rings. The summed E-state index contributed by atoms with van der Waals surface area (Å²) in [4.78, 5) is 11.5. The number of benzene rings is 1. The molecular formula is C9H5Cl2NOS. The zero-order chi connectivity index (χ0) is 10.6. The number of thiocyanates is 1. The zero-order valence-corrected chi connectivity index (χ0v) is 9.29. The maximum Gasteiger partial charge on any atom is 0.175 e. The second kappa shape index (κ2) is 5.26. The topological polar surface area (TPSA) is 40.9 Å². The Kier molecular flexibility index (Phi) is 4.27. The fourth-order valence-corrected chi connectivity index (χ4v) is 1.65. The second-order valence-electron chi connectivity index (χ2n) is 2.40. The Balaban J connectivity index is 2.91.